The molecule has 0 saturated heterocycles. The molecule has 3 rings (SSSR count). The standard InChI is InChI=1S/C17H19N3OS2/c1-12(17-19-14-6-2-3-7-15(14)20-17)23-11-16(21)18-9-8-13-5-4-10-22-13/h2-7,10,12H,8-9,11H2,1H3,(H,18,21)(H,19,20). The zero-order chi connectivity index (χ0) is 16.1. The predicted molar refractivity (Wildman–Crippen MR) is 98.0 cm³/mol. The van der Waals surface area contributed by atoms with Crippen LogP contribution in [0, 0.1) is 0 Å². The topological polar surface area (TPSA) is 57.8 Å². The minimum atomic E-state index is 0.0783. The molecule has 2 N–H and O–H groups in total. The van der Waals surface area contributed by atoms with Crippen LogP contribution in [0.4, 0.5) is 0 Å². The van der Waals surface area contributed by atoms with Crippen molar-refractivity contribution in [3.8, 4) is 0 Å². The van der Waals surface area contributed by atoms with Crippen LogP contribution in [0.5, 0.6) is 0 Å². The number of aromatic amines is 1. The maximum atomic E-state index is 11.9. The minimum Gasteiger partial charge on any atom is -0.355 e. The first-order chi connectivity index (χ1) is 11.2. The van der Waals surface area contributed by atoms with Crippen LogP contribution < -0.4 is 5.32 Å². The second-order valence-electron chi connectivity index (χ2n) is 5.27. The number of aromatic nitrogens is 2. The molecule has 2 heterocycles. The zero-order valence-corrected chi connectivity index (χ0v) is 14.5. The van der Waals surface area contributed by atoms with Crippen LogP contribution >= 0.6 is 23.1 Å². The summed E-state index contributed by atoms with van der Waals surface area (Å²) in [7, 11) is 0. The molecule has 6 heteroatoms. The Morgan fingerprint density at radius 3 is 3.00 bits per heavy atom. The number of imidazole rings is 1. The molecular formula is C17H19N3OS2. The third-order valence-corrected chi connectivity index (χ3v) is 5.62. The van der Waals surface area contributed by atoms with Crippen molar-refractivity contribution in [3.63, 3.8) is 0 Å². The van der Waals surface area contributed by atoms with Gasteiger partial charge in [-0.15, -0.1) is 23.1 Å². The Hall–Kier alpha value is -1.79. The van der Waals surface area contributed by atoms with Gasteiger partial charge < -0.3 is 10.3 Å². The number of hydrogen-bond acceptors (Lipinski definition) is 4. The maximum absolute atomic E-state index is 11.9. The molecule has 1 atom stereocenters. The normalized spacial score (nSPS) is 12.4. The summed E-state index contributed by atoms with van der Waals surface area (Å²) >= 11 is 3.32. The summed E-state index contributed by atoms with van der Waals surface area (Å²) < 4.78 is 0. The Kier molecular flexibility index (Phi) is 5.35. The lowest BCUT2D eigenvalue weighted by Gasteiger charge is -2.08. The number of carbonyl (C=O) groups is 1. The number of thiophene rings is 1. The van der Waals surface area contributed by atoms with Gasteiger partial charge in [0.15, 0.2) is 0 Å². The molecule has 3 aromatic rings. The van der Waals surface area contributed by atoms with E-state index in [1.807, 2.05) is 30.3 Å². The number of thioether (sulfide) groups is 1. The molecule has 0 saturated carbocycles. The second kappa shape index (κ2) is 7.66. The van der Waals surface area contributed by atoms with Crippen molar-refractivity contribution < 1.29 is 4.79 Å². The first-order valence-electron chi connectivity index (χ1n) is 7.57. The fourth-order valence-electron chi connectivity index (χ4n) is 2.28. The highest BCUT2D eigenvalue weighted by molar-refractivity contribution is 8.00. The van der Waals surface area contributed by atoms with Gasteiger partial charge in [0.1, 0.15) is 5.82 Å². The predicted octanol–water partition coefficient (Wildman–Crippen LogP) is 3.78. The molecule has 4 nitrogen and oxygen atoms in total. The van der Waals surface area contributed by atoms with Crippen molar-refractivity contribution in [3.05, 3.63) is 52.5 Å². The number of nitrogens with zero attached hydrogens (tertiary/aromatic N) is 1. The smallest absolute Gasteiger partial charge is 0.230 e. The second-order valence-corrected chi connectivity index (χ2v) is 7.63. The highest BCUT2D eigenvalue weighted by atomic mass is 32.2. The molecule has 0 aliphatic heterocycles. The van der Waals surface area contributed by atoms with Crippen LogP contribution in [-0.2, 0) is 11.2 Å². The summed E-state index contributed by atoms with van der Waals surface area (Å²) in [4.78, 5) is 21.1. The average Bonchev–Trinajstić information content (AvgIpc) is 3.21. The Bertz CT molecular complexity index is 734. The number of carbonyl (C=O) groups excluding carboxylic acids is 1. The number of rotatable bonds is 7. The Morgan fingerprint density at radius 2 is 2.22 bits per heavy atom. The van der Waals surface area contributed by atoms with E-state index in [0.717, 1.165) is 23.3 Å². The molecule has 1 amide bonds. The van der Waals surface area contributed by atoms with Crippen LogP contribution in [0.25, 0.3) is 11.0 Å². The molecule has 0 aliphatic carbocycles. The lowest BCUT2D eigenvalue weighted by atomic mass is 10.3. The van der Waals surface area contributed by atoms with Crippen LogP contribution in [0.2, 0.25) is 0 Å². The first-order valence-corrected chi connectivity index (χ1v) is 9.50. The number of hydrogen-bond donors (Lipinski definition) is 2. The van der Waals surface area contributed by atoms with E-state index in [1.165, 1.54) is 4.88 Å². The van der Waals surface area contributed by atoms with Crippen LogP contribution in [0.15, 0.2) is 41.8 Å². The lowest BCUT2D eigenvalue weighted by Crippen LogP contribution is -2.27. The third-order valence-electron chi connectivity index (χ3n) is 3.53. The van der Waals surface area contributed by atoms with Crippen LogP contribution in [-0.4, -0.2) is 28.2 Å². The number of H-pyrrole nitrogens is 1. The summed E-state index contributed by atoms with van der Waals surface area (Å²) in [5.41, 5.74) is 2.01. The monoisotopic (exact) mass is 345 g/mol. The van der Waals surface area contributed by atoms with Crippen molar-refractivity contribution in [2.24, 2.45) is 0 Å². The van der Waals surface area contributed by atoms with E-state index in [-0.39, 0.29) is 11.2 Å². The number of fused-ring (bicyclic) bond motifs is 1. The number of amides is 1. The zero-order valence-electron chi connectivity index (χ0n) is 12.9. The van der Waals surface area contributed by atoms with E-state index in [1.54, 1.807) is 23.1 Å². The Balaban J connectivity index is 1.44. The van der Waals surface area contributed by atoms with E-state index in [4.69, 9.17) is 0 Å². The Morgan fingerprint density at radius 1 is 1.35 bits per heavy atom. The van der Waals surface area contributed by atoms with Crippen molar-refractivity contribution in [2.45, 2.75) is 18.6 Å². The van der Waals surface area contributed by atoms with Gasteiger partial charge in [0.2, 0.25) is 5.91 Å². The molecule has 2 aromatic heterocycles. The fourth-order valence-corrected chi connectivity index (χ4v) is 3.76. The third kappa shape index (κ3) is 4.36. The van der Waals surface area contributed by atoms with E-state index in [9.17, 15) is 4.79 Å². The van der Waals surface area contributed by atoms with Crippen molar-refractivity contribution in [1.82, 2.24) is 15.3 Å². The maximum Gasteiger partial charge on any atom is 0.230 e. The molecule has 0 fully saturated rings. The van der Waals surface area contributed by atoms with Gasteiger partial charge in [0.25, 0.3) is 0 Å². The van der Waals surface area contributed by atoms with Gasteiger partial charge in [-0.1, -0.05) is 18.2 Å². The molecule has 120 valence electrons. The van der Waals surface area contributed by atoms with E-state index in [2.05, 4.69) is 33.7 Å². The van der Waals surface area contributed by atoms with Gasteiger partial charge in [-0.25, -0.2) is 4.98 Å². The van der Waals surface area contributed by atoms with Gasteiger partial charge in [-0.05, 0) is 36.9 Å². The highest BCUT2D eigenvalue weighted by Gasteiger charge is 2.13. The number of para-hydroxylation sites is 2. The fraction of sp³-hybridized carbons (Fsp3) is 0.294. The average molecular weight is 345 g/mol. The van der Waals surface area contributed by atoms with Gasteiger partial charge >= 0.3 is 0 Å². The Labute approximate surface area is 143 Å². The minimum absolute atomic E-state index is 0.0783. The summed E-state index contributed by atoms with van der Waals surface area (Å²) in [6.45, 7) is 2.76. The highest BCUT2D eigenvalue weighted by Crippen LogP contribution is 2.27. The van der Waals surface area contributed by atoms with Crippen molar-refractivity contribution >= 4 is 40.0 Å². The van der Waals surface area contributed by atoms with Crippen molar-refractivity contribution in [2.75, 3.05) is 12.3 Å². The molecule has 0 bridgehead atoms. The molecule has 0 radical (unpaired) electrons. The lowest BCUT2D eigenvalue weighted by molar-refractivity contribution is -0.118. The van der Waals surface area contributed by atoms with Crippen molar-refractivity contribution in [1.29, 1.82) is 0 Å². The molecule has 1 aromatic carbocycles. The summed E-state index contributed by atoms with van der Waals surface area (Å²) in [5.74, 6) is 1.44. The van der Waals surface area contributed by atoms with Gasteiger partial charge in [0, 0.05) is 11.4 Å². The first kappa shape index (κ1) is 16.1. The number of benzene rings is 1. The molecule has 1 unspecified atom stereocenters. The van der Waals surface area contributed by atoms with E-state index >= 15 is 0 Å². The van der Waals surface area contributed by atoms with Gasteiger partial charge in [-0.2, -0.15) is 0 Å². The van der Waals surface area contributed by atoms with Crippen LogP contribution in [0.1, 0.15) is 22.9 Å². The molecule has 0 spiro atoms. The summed E-state index contributed by atoms with van der Waals surface area (Å²) in [5, 5.41) is 5.19. The largest absolute Gasteiger partial charge is 0.355 e. The molecule has 0 aliphatic rings. The van der Waals surface area contributed by atoms with E-state index < -0.39 is 0 Å². The SMILES string of the molecule is CC(SCC(=O)NCCc1cccs1)c1nc2ccccc2[nH]1. The molecular weight excluding hydrogens is 326 g/mol. The quantitative estimate of drug-likeness (QED) is 0.685. The number of nitrogens with one attached hydrogen (secondary N) is 2. The van der Waals surface area contributed by atoms with Crippen LogP contribution in [0.3, 0.4) is 0 Å². The van der Waals surface area contributed by atoms with E-state index in [0.29, 0.717) is 12.3 Å². The molecule has 23 heavy (non-hydrogen) atoms. The summed E-state index contributed by atoms with van der Waals surface area (Å²) in [6, 6.07) is 12.1. The van der Waals surface area contributed by atoms with Gasteiger partial charge in [-0.3, -0.25) is 4.79 Å². The summed E-state index contributed by atoms with van der Waals surface area (Å²) in [6.07, 6.45) is 0.896. The van der Waals surface area contributed by atoms with Gasteiger partial charge in [0.05, 0.1) is 22.0 Å².